The van der Waals surface area contributed by atoms with Crippen LogP contribution in [-0.4, -0.2) is 42.0 Å². The average Bonchev–Trinajstić information content (AvgIpc) is 3.35. The van der Waals surface area contributed by atoms with Crippen LogP contribution in [0.3, 0.4) is 0 Å². The van der Waals surface area contributed by atoms with Crippen LogP contribution in [0.15, 0.2) is 72.8 Å². The Morgan fingerprint density at radius 2 is 1.54 bits per heavy atom. The third-order valence-electron chi connectivity index (χ3n) is 6.59. The molecule has 5 rings (SSSR count). The van der Waals surface area contributed by atoms with Gasteiger partial charge in [0.2, 0.25) is 5.91 Å². The molecular formula is C28H27N3O4. The van der Waals surface area contributed by atoms with E-state index in [0.29, 0.717) is 12.2 Å². The number of para-hydroxylation sites is 1. The number of fused-ring (bicyclic) bond motifs is 3. The lowest BCUT2D eigenvalue weighted by Crippen LogP contribution is -2.39. The van der Waals surface area contributed by atoms with Gasteiger partial charge in [-0.3, -0.25) is 9.59 Å². The molecule has 0 unspecified atom stereocenters. The Labute approximate surface area is 203 Å². The summed E-state index contributed by atoms with van der Waals surface area (Å²) in [6.07, 6.45) is 0. The summed E-state index contributed by atoms with van der Waals surface area (Å²) >= 11 is 0. The van der Waals surface area contributed by atoms with Crippen LogP contribution in [0.25, 0.3) is 10.9 Å². The number of carbonyl (C=O) groups is 2. The second-order valence-electron chi connectivity index (χ2n) is 8.57. The fraction of sp³-hybridized carbons (Fsp3) is 0.214. The van der Waals surface area contributed by atoms with Gasteiger partial charge in [0, 0.05) is 30.1 Å². The third-order valence-corrected chi connectivity index (χ3v) is 6.59. The zero-order chi connectivity index (χ0) is 24.5. The first-order valence-electron chi connectivity index (χ1n) is 11.4. The lowest BCUT2D eigenvalue weighted by Gasteiger charge is -2.26. The van der Waals surface area contributed by atoms with Crippen molar-refractivity contribution in [2.45, 2.75) is 12.6 Å². The van der Waals surface area contributed by atoms with Crippen molar-refractivity contribution in [1.82, 2.24) is 14.8 Å². The Morgan fingerprint density at radius 3 is 2.20 bits per heavy atom. The van der Waals surface area contributed by atoms with E-state index in [-0.39, 0.29) is 24.4 Å². The van der Waals surface area contributed by atoms with Gasteiger partial charge < -0.3 is 24.3 Å². The summed E-state index contributed by atoms with van der Waals surface area (Å²) in [5.41, 5.74) is 4.43. The van der Waals surface area contributed by atoms with Gasteiger partial charge in [-0.2, -0.15) is 0 Å². The molecule has 2 heterocycles. The monoisotopic (exact) mass is 469 g/mol. The smallest absolute Gasteiger partial charge is 0.272 e. The topological polar surface area (TPSA) is 72.8 Å². The van der Waals surface area contributed by atoms with Gasteiger partial charge in [0.1, 0.15) is 23.7 Å². The van der Waals surface area contributed by atoms with Gasteiger partial charge >= 0.3 is 0 Å². The first-order chi connectivity index (χ1) is 17.0. The Morgan fingerprint density at radius 1 is 0.914 bits per heavy atom. The molecular weight excluding hydrogens is 442 g/mol. The highest BCUT2D eigenvalue weighted by Crippen LogP contribution is 2.43. The van der Waals surface area contributed by atoms with E-state index < -0.39 is 0 Å². The molecule has 7 heteroatoms. The number of ether oxygens (including phenoxy) is 2. The maximum absolute atomic E-state index is 13.7. The van der Waals surface area contributed by atoms with Gasteiger partial charge in [0.05, 0.1) is 20.3 Å². The van der Waals surface area contributed by atoms with Gasteiger partial charge in [0.25, 0.3) is 5.91 Å². The fourth-order valence-electron chi connectivity index (χ4n) is 4.82. The molecule has 1 aliphatic heterocycles. The van der Waals surface area contributed by atoms with Crippen molar-refractivity contribution >= 4 is 22.7 Å². The second-order valence-corrected chi connectivity index (χ2v) is 8.57. The summed E-state index contributed by atoms with van der Waals surface area (Å²) in [5, 5.41) is 3.96. The van der Waals surface area contributed by atoms with Crippen molar-refractivity contribution in [3.63, 3.8) is 0 Å². The number of aryl methyl sites for hydroxylation is 1. The molecule has 0 fully saturated rings. The Balaban J connectivity index is 1.45. The summed E-state index contributed by atoms with van der Waals surface area (Å²) in [6.45, 7) is 0.322. The number of aromatic nitrogens is 1. The number of nitrogens with zero attached hydrogens (tertiary/aromatic N) is 2. The highest BCUT2D eigenvalue weighted by atomic mass is 16.5. The third kappa shape index (κ3) is 3.99. The molecule has 2 amide bonds. The zero-order valence-corrected chi connectivity index (χ0v) is 19.9. The quantitative estimate of drug-likeness (QED) is 0.443. The maximum atomic E-state index is 13.7. The molecule has 4 aromatic rings. The van der Waals surface area contributed by atoms with Crippen molar-refractivity contribution < 1.29 is 19.1 Å². The van der Waals surface area contributed by atoms with Crippen LogP contribution in [-0.2, 0) is 18.4 Å². The zero-order valence-electron chi connectivity index (χ0n) is 19.9. The molecule has 0 bridgehead atoms. The van der Waals surface area contributed by atoms with Gasteiger partial charge in [0.15, 0.2) is 0 Å². The Hall–Kier alpha value is -4.26. The molecule has 1 aromatic heterocycles. The molecule has 0 saturated heterocycles. The molecule has 1 aliphatic rings. The molecule has 178 valence electrons. The van der Waals surface area contributed by atoms with Crippen LogP contribution >= 0.6 is 0 Å². The van der Waals surface area contributed by atoms with E-state index >= 15 is 0 Å². The first kappa shape index (κ1) is 22.5. The van der Waals surface area contributed by atoms with Crippen molar-refractivity contribution in [2.75, 3.05) is 20.8 Å². The predicted molar refractivity (Wildman–Crippen MR) is 134 cm³/mol. The van der Waals surface area contributed by atoms with Crippen molar-refractivity contribution in [1.29, 1.82) is 0 Å². The van der Waals surface area contributed by atoms with E-state index in [1.165, 1.54) is 0 Å². The molecule has 0 saturated carbocycles. The van der Waals surface area contributed by atoms with E-state index in [4.69, 9.17) is 9.47 Å². The van der Waals surface area contributed by atoms with Gasteiger partial charge in [-0.15, -0.1) is 0 Å². The number of rotatable bonds is 7. The van der Waals surface area contributed by atoms with Crippen LogP contribution in [0, 0.1) is 0 Å². The summed E-state index contributed by atoms with van der Waals surface area (Å²) < 4.78 is 12.4. The minimum absolute atomic E-state index is 0.0469. The van der Waals surface area contributed by atoms with Crippen LogP contribution in [0.1, 0.15) is 33.2 Å². The summed E-state index contributed by atoms with van der Waals surface area (Å²) in [7, 11) is 5.14. The van der Waals surface area contributed by atoms with Crippen molar-refractivity contribution in [3.8, 4) is 11.5 Å². The second kappa shape index (κ2) is 9.18. The van der Waals surface area contributed by atoms with E-state index in [0.717, 1.165) is 39.1 Å². The van der Waals surface area contributed by atoms with Crippen LogP contribution < -0.4 is 14.8 Å². The van der Waals surface area contributed by atoms with E-state index in [2.05, 4.69) is 5.32 Å². The number of hydrogen-bond donors (Lipinski definition) is 1. The molecule has 35 heavy (non-hydrogen) atoms. The molecule has 7 nitrogen and oxygen atoms in total. The summed E-state index contributed by atoms with van der Waals surface area (Å²) in [4.78, 5) is 28.3. The highest BCUT2D eigenvalue weighted by Gasteiger charge is 2.42. The molecule has 0 aliphatic carbocycles. The van der Waals surface area contributed by atoms with Crippen molar-refractivity contribution in [2.24, 2.45) is 7.05 Å². The molecule has 3 aromatic carbocycles. The number of carbonyl (C=O) groups excluding carboxylic acids is 2. The van der Waals surface area contributed by atoms with E-state index in [1.807, 2.05) is 84.4 Å². The molecule has 1 N–H and O–H groups in total. The molecule has 0 spiro atoms. The number of nitrogens with one attached hydrogen (secondary N) is 1. The number of benzene rings is 3. The highest BCUT2D eigenvalue weighted by molar-refractivity contribution is 6.07. The standard InChI is InChI=1S/C28H27N3O4/c1-30-23-7-5-4-6-22(23)25-26(19-10-14-21(35-3)15-11-19)31(28(33)27(25)30)17-24(32)29-16-18-8-12-20(34-2)13-9-18/h4-15,26H,16-17H2,1-3H3,(H,29,32)/t26-/m1/s1. The van der Waals surface area contributed by atoms with Gasteiger partial charge in [-0.05, 0) is 41.5 Å². The van der Waals surface area contributed by atoms with E-state index in [9.17, 15) is 9.59 Å². The molecule has 0 radical (unpaired) electrons. The van der Waals surface area contributed by atoms with Gasteiger partial charge in [-0.1, -0.05) is 42.5 Å². The summed E-state index contributed by atoms with van der Waals surface area (Å²) in [6, 6.07) is 22.8. The molecule has 1 atom stereocenters. The van der Waals surface area contributed by atoms with E-state index in [1.54, 1.807) is 19.1 Å². The Kier molecular flexibility index (Phi) is 5.91. The van der Waals surface area contributed by atoms with Gasteiger partial charge in [-0.25, -0.2) is 0 Å². The SMILES string of the molecule is COc1ccc(CNC(=O)CN2C(=O)c3c(c4ccccc4n3C)[C@H]2c2ccc(OC)cc2)cc1. The van der Waals surface area contributed by atoms with Crippen molar-refractivity contribution in [3.05, 3.63) is 95.2 Å². The predicted octanol–water partition coefficient (Wildman–Crippen LogP) is 4.06. The first-order valence-corrected chi connectivity index (χ1v) is 11.4. The largest absolute Gasteiger partial charge is 0.497 e. The number of hydrogen-bond acceptors (Lipinski definition) is 4. The van der Waals surface area contributed by atoms with Crippen LogP contribution in [0.4, 0.5) is 0 Å². The number of amides is 2. The fourth-order valence-corrected chi connectivity index (χ4v) is 4.82. The normalized spacial score (nSPS) is 14.8. The van der Waals surface area contributed by atoms with Crippen LogP contribution in [0.5, 0.6) is 11.5 Å². The van der Waals surface area contributed by atoms with Crippen LogP contribution in [0.2, 0.25) is 0 Å². The average molecular weight is 470 g/mol. The lowest BCUT2D eigenvalue weighted by atomic mass is 9.98. The Bertz CT molecular complexity index is 1390. The maximum Gasteiger partial charge on any atom is 0.272 e. The minimum atomic E-state index is -0.374. The number of methoxy groups -OCH3 is 2. The summed E-state index contributed by atoms with van der Waals surface area (Å²) in [5.74, 6) is 1.12. The minimum Gasteiger partial charge on any atom is -0.497 e. The lowest BCUT2D eigenvalue weighted by molar-refractivity contribution is -0.122.